The smallest absolute Gasteiger partial charge is 0.304 e. The van der Waals surface area contributed by atoms with Crippen LogP contribution in [0.2, 0.25) is 5.02 Å². The van der Waals surface area contributed by atoms with E-state index in [0.29, 0.717) is 21.3 Å². The molecule has 2 N–H and O–H groups in total. The number of thiocarbonyl (C=S) groups is 1. The molecule has 0 aliphatic carbocycles. The summed E-state index contributed by atoms with van der Waals surface area (Å²) in [6.07, 6.45) is -0.231. The number of aliphatic carboxylic acids is 1. The summed E-state index contributed by atoms with van der Waals surface area (Å²) in [6.45, 7) is 0. The van der Waals surface area contributed by atoms with Gasteiger partial charge < -0.3 is 10.4 Å². The van der Waals surface area contributed by atoms with Gasteiger partial charge in [-0.2, -0.15) is 0 Å². The molecule has 1 aliphatic heterocycles. The number of carbonyl (C=O) groups is 1. The number of nitrogens with one attached hydrogen (secondary N) is 1. The van der Waals surface area contributed by atoms with Gasteiger partial charge in [-0.1, -0.05) is 36.0 Å². The highest BCUT2D eigenvalue weighted by Crippen LogP contribution is 2.46. The van der Waals surface area contributed by atoms with Crippen molar-refractivity contribution in [1.29, 1.82) is 0 Å². The van der Waals surface area contributed by atoms with Crippen molar-refractivity contribution in [2.45, 2.75) is 16.9 Å². The first-order valence-corrected chi connectivity index (χ1v) is 9.01. The van der Waals surface area contributed by atoms with Crippen molar-refractivity contribution in [3.8, 4) is 0 Å². The van der Waals surface area contributed by atoms with E-state index in [1.54, 1.807) is 18.2 Å². The topological polar surface area (TPSA) is 49.3 Å². The van der Waals surface area contributed by atoms with Crippen molar-refractivity contribution >= 4 is 52.2 Å². The number of carboxylic acids is 1. The summed E-state index contributed by atoms with van der Waals surface area (Å²) in [5.41, 5.74) is 1.34. The Morgan fingerprint density at radius 1 is 1.28 bits per heavy atom. The molecule has 3 rings (SSSR count). The van der Waals surface area contributed by atoms with Crippen molar-refractivity contribution in [3.63, 3.8) is 0 Å². The Morgan fingerprint density at radius 2 is 2.04 bits per heavy atom. The van der Waals surface area contributed by atoms with Gasteiger partial charge in [0, 0.05) is 16.3 Å². The highest BCUT2D eigenvalue weighted by atomic mass is 35.5. The van der Waals surface area contributed by atoms with Gasteiger partial charge in [-0.3, -0.25) is 4.79 Å². The summed E-state index contributed by atoms with van der Waals surface area (Å²) in [7, 11) is 0. The number of thioether (sulfide) groups is 1. The van der Waals surface area contributed by atoms with E-state index in [9.17, 15) is 13.6 Å². The number of carboxylic acid groups (broad SMARTS) is 1. The SMILES string of the molecule is O=C(O)C[C@@H]1S[C@@H](c2cccc(F)c2F)c2cc(Cl)ccc2NC1=S. The molecule has 25 heavy (non-hydrogen) atoms. The van der Waals surface area contributed by atoms with Crippen LogP contribution in [0, 0.1) is 11.6 Å². The van der Waals surface area contributed by atoms with E-state index >= 15 is 0 Å². The van der Waals surface area contributed by atoms with E-state index in [1.807, 2.05) is 0 Å². The van der Waals surface area contributed by atoms with Crippen LogP contribution < -0.4 is 5.32 Å². The molecule has 0 bridgehead atoms. The molecule has 1 heterocycles. The number of anilines is 1. The molecule has 2 atom stereocenters. The van der Waals surface area contributed by atoms with Crippen LogP contribution in [0.1, 0.15) is 22.8 Å². The Hall–Kier alpha value is -1.70. The molecule has 0 saturated carbocycles. The van der Waals surface area contributed by atoms with E-state index < -0.39 is 28.1 Å². The van der Waals surface area contributed by atoms with Crippen molar-refractivity contribution in [3.05, 3.63) is 64.2 Å². The van der Waals surface area contributed by atoms with Crippen molar-refractivity contribution in [1.82, 2.24) is 0 Å². The third-order valence-corrected chi connectivity index (χ3v) is 6.05. The molecule has 0 fully saturated rings. The third-order valence-electron chi connectivity index (χ3n) is 3.77. The molecular weight excluding hydrogens is 388 g/mol. The molecule has 3 nitrogen and oxygen atoms in total. The zero-order chi connectivity index (χ0) is 18.1. The summed E-state index contributed by atoms with van der Waals surface area (Å²) in [6, 6.07) is 8.93. The molecule has 0 saturated heterocycles. The third kappa shape index (κ3) is 3.78. The molecule has 0 amide bonds. The van der Waals surface area contributed by atoms with Crippen LogP contribution >= 0.6 is 35.6 Å². The fourth-order valence-corrected chi connectivity index (χ4v) is 4.60. The number of benzene rings is 2. The van der Waals surface area contributed by atoms with E-state index in [-0.39, 0.29) is 12.0 Å². The van der Waals surface area contributed by atoms with Gasteiger partial charge in [0.15, 0.2) is 11.6 Å². The second kappa shape index (κ2) is 7.27. The van der Waals surface area contributed by atoms with Crippen LogP contribution in [0.15, 0.2) is 36.4 Å². The molecule has 130 valence electrons. The molecule has 1 aliphatic rings. The van der Waals surface area contributed by atoms with Gasteiger partial charge in [-0.15, -0.1) is 11.8 Å². The maximum Gasteiger partial charge on any atom is 0.304 e. The lowest BCUT2D eigenvalue weighted by atomic mass is 10.0. The first-order valence-electron chi connectivity index (χ1n) is 7.28. The minimum atomic E-state index is -1.02. The molecular formula is C17H12ClF2NO2S2. The minimum Gasteiger partial charge on any atom is -0.481 e. The van der Waals surface area contributed by atoms with Crippen LogP contribution in [-0.4, -0.2) is 21.3 Å². The maximum atomic E-state index is 14.4. The number of hydrogen-bond acceptors (Lipinski definition) is 3. The predicted molar refractivity (Wildman–Crippen MR) is 99.5 cm³/mol. The van der Waals surface area contributed by atoms with Crippen molar-refractivity contribution in [2.24, 2.45) is 0 Å². The molecule has 0 unspecified atom stereocenters. The van der Waals surface area contributed by atoms with Gasteiger partial charge in [0.2, 0.25) is 0 Å². The van der Waals surface area contributed by atoms with Crippen LogP contribution in [-0.2, 0) is 4.79 Å². The van der Waals surface area contributed by atoms with Gasteiger partial charge in [-0.05, 0) is 29.8 Å². The van der Waals surface area contributed by atoms with Crippen molar-refractivity contribution in [2.75, 3.05) is 5.32 Å². The van der Waals surface area contributed by atoms with Crippen molar-refractivity contribution < 1.29 is 18.7 Å². The Labute approximate surface area is 157 Å². The molecule has 0 aromatic heterocycles. The summed E-state index contributed by atoms with van der Waals surface area (Å²) in [4.78, 5) is 11.5. The molecule has 2 aromatic rings. The predicted octanol–water partition coefficient (Wildman–Crippen LogP) is 5.04. The average molecular weight is 400 g/mol. The fraction of sp³-hybridized carbons (Fsp3) is 0.176. The van der Waals surface area contributed by atoms with Gasteiger partial charge in [0.1, 0.15) is 0 Å². The fourth-order valence-electron chi connectivity index (χ4n) is 2.64. The standard InChI is InChI=1S/C17H12ClF2NO2S2/c18-8-4-5-12-10(6-8)16(9-2-1-3-11(19)15(9)20)25-13(7-14(22)23)17(24)21-12/h1-6,13,16H,7H2,(H,21,24)(H,22,23)/t13-,16-/m0/s1. The summed E-state index contributed by atoms with van der Waals surface area (Å²) in [5.74, 6) is -2.95. The second-order valence-corrected chi connectivity index (χ2v) is 7.66. The Morgan fingerprint density at radius 3 is 2.76 bits per heavy atom. The first-order chi connectivity index (χ1) is 11.9. The zero-order valence-electron chi connectivity index (χ0n) is 12.6. The summed E-state index contributed by atoms with van der Waals surface area (Å²) in [5, 5.41) is 11.3. The lowest BCUT2D eigenvalue weighted by molar-refractivity contribution is -0.136. The molecule has 0 radical (unpaired) electrons. The lowest BCUT2D eigenvalue weighted by Crippen LogP contribution is -2.24. The van der Waals surface area contributed by atoms with E-state index in [2.05, 4.69) is 5.32 Å². The summed E-state index contributed by atoms with van der Waals surface area (Å²) >= 11 is 12.6. The van der Waals surface area contributed by atoms with Crippen LogP contribution in [0.3, 0.4) is 0 Å². The van der Waals surface area contributed by atoms with Crippen LogP contribution in [0.5, 0.6) is 0 Å². The highest BCUT2D eigenvalue weighted by molar-refractivity contribution is 8.02. The average Bonchev–Trinajstić information content (AvgIpc) is 2.67. The number of rotatable bonds is 3. The normalized spacial score (nSPS) is 19.7. The first kappa shape index (κ1) is 18.1. The Balaban J connectivity index is 2.15. The number of hydrogen-bond donors (Lipinski definition) is 2. The van der Waals surface area contributed by atoms with E-state index in [0.717, 1.165) is 6.07 Å². The number of halogens is 3. The monoisotopic (exact) mass is 399 g/mol. The van der Waals surface area contributed by atoms with Gasteiger partial charge >= 0.3 is 5.97 Å². The van der Waals surface area contributed by atoms with Crippen LogP contribution in [0.25, 0.3) is 0 Å². The van der Waals surface area contributed by atoms with Crippen LogP contribution in [0.4, 0.5) is 14.5 Å². The number of fused-ring (bicyclic) bond motifs is 1. The Bertz CT molecular complexity index is 863. The van der Waals surface area contributed by atoms with Gasteiger partial charge in [0.25, 0.3) is 0 Å². The second-order valence-electron chi connectivity index (χ2n) is 5.47. The van der Waals surface area contributed by atoms with Gasteiger partial charge in [0.05, 0.1) is 21.9 Å². The Kier molecular flexibility index (Phi) is 5.27. The minimum absolute atomic E-state index is 0.121. The highest BCUT2D eigenvalue weighted by Gasteiger charge is 2.32. The maximum absolute atomic E-state index is 14.4. The molecule has 2 aromatic carbocycles. The lowest BCUT2D eigenvalue weighted by Gasteiger charge is -2.21. The zero-order valence-corrected chi connectivity index (χ0v) is 15.0. The van der Waals surface area contributed by atoms with E-state index in [1.165, 1.54) is 23.9 Å². The largest absolute Gasteiger partial charge is 0.481 e. The van der Waals surface area contributed by atoms with E-state index in [4.69, 9.17) is 28.9 Å². The van der Waals surface area contributed by atoms with Gasteiger partial charge in [-0.25, -0.2) is 8.78 Å². The quantitative estimate of drug-likeness (QED) is 0.708. The molecule has 0 spiro atoms. The summed E-state index contributed by atoms with van der Waals surface area (Å²) < 4.78 is 28.1. The molecule has 8 heteroatoms.